The number of hydrogen-bond donors (Lipinski definition) is 1. The Morgan fingerprint density at radius 2 is 2.18 bits per heavy atom. The van der Waals surface area contributed by atoms with Crippen molar-refractivity contribution in [1.82, 2.24) is 25.2 Å². The molecule has 0 atom stereocenters. The first kappa shape index (κ1) is 14.5. The Balaban J connectivity index is 1.79. The Labute approximate surface area is 131 Å². The molecule has 1 N–H and O–H groups in total. The molecular weight excluding hydrogens is 298 g/mol. The van der Waals surface area contributed by atoms with E-state index in [4.69, 9.17) is 0 Å². The van der Waals surface area contributed by atoms with Crippen molar-refractivity contribution < 1.29 is 4.79 Å². The van der Waals surface area contributed by atoms with Crippen LogP contribution in [0.25, 0.3) is 5.69 Å². The van der Waals surface area contributed by atoms with Gasteiger partial charge in [-0.15, -0.1) is 5.10 Å². The van der Waals surface area contributed by atoms with Crippen molar-refractivity contribution >= 4 is 17.5 Å². The van der Waals surface area contributed by atoms with Gasteiger partial charge in [-0.2, -0.15) is 4.68 Å². The van der Waals surface area contributed by atoms with Crippen molar-refractivity contribution in [1.29, 1.82) is 0 Å². The highest BCUT2D eigenvalue weighted by Crippen LogP contribution is 2.22. The SMILES string of the molecule is Cc1ccc(-n2nnnc2SCC(=O)c2ccc[nH]2)c(C)c1. The van der Waals surface area contributed by atoms with E-state index in [0.29, 0.717) is 10.9 Å². The average molecular weight is 313 g/mol. The summed E-state index contributed by atoms with van der Waals surface area (Å²) in [6.07, 6.45) is 1.73. The van der Waals surface area contributed by atoms with E-state index in [9.17, 15) is 4.79 Å². The third-order valence-electron chi connectivity index (χ3n) is 3.25. The average Bonchev–Trinajstić information content (AvgIpc) is 3.16. The fraction of sp³-hybridized carbons (Fsp3) is 0.200. The molecular formula is C15H15N5OS. The van der Waals surface area contributed by atoms with Gasteiger partial charge in [0.1, 0.15) is 0 Å². The molecule has 0 fully saturated rings. The molecule has 0 aliphatic rings. The lowest BCUT2D eigenvalue weighted by Gasteiger charge is -2.08. The molecule has 22 heavy (non-hydrogen) atoms. The van der Waals surface area contributed by atoms with Crippen LogP contribution < -0.4 is 0 Å². The van der Waals surface area contributed by atoms with Gasteiger partial charge in [0.25, 0.3) is 0 Å². The summed E-state index contributed by atoms with van der Waals surface area (Å²) in [5.41, 5.74) is 3.79. The first-order valence-corrected chi connectivity index (χ1v) is 7.79. The molecule has 0 aliphatic heterocycles. The lowest BCUT2D eigenvalue weighted by atomic mass is 10.1. The minimum Gasteiger partial charge on any atom is -0.359 e. The van der Waals surface area contributed by atoms with Crippen LogP contribution in [-0.4, -0.2) is 36.7 Å². The van der Waals surface area contributed by atoms with Crippen molar-refractivity contribution in [2.45, 2.75) is 19.0 Å². The number of hydrogen-bond acceptors (Lipinski definition) is 5. The lowest BCUT2D eigenvalue weighted by molar-refractivity contribution is 0.101. The number of tetrazole rings is 1. The van der Waals surface area contributed by atoms with Crippen molar-refractivity contribution in [3.63, 3.8) is 0 Å². The standard InChI is InChI=1S/C15H15N5OS/c1-10-5-6-13(11(2)8-10)20-15(17-18-19-20)22-9-14(21)12-4-3-7-16-12/h3-8,16H,9H2,1-2H3. The number of ketones is 1. The number of thioether (sulfide) groups is 1. The summed E-state index contributed by atoms with van der Waals surface area (Å²) >= 11 is 1.33. The Bertz CT molecular complexity index is 794. The van der Waals surface area contributed by atoms with E-state index in [1.54, 1.807) is 23.0 Å². The second kappa shape index (κ2) is 6.15. The van der Waals surface area contributed by atoms with E-state index in [2.05, 4.69) is 26.6 Å². The summed E-state index contributed by atoms with van der Waals surface area (Å²) < 4.78 is 1.67. The molecule has 0 bridgehead atoms. The molecule has 2 heterocycles. The maximum absolute atomic E-state index is 12.0. The lowest BCUT2D eigenvalue weighted by Crippen LogP contribution is -2.06. The summed E-state index contributed by atoms with van der Waals surface area (Å²) in [6, 6.07) is 9.64. The van der Waals surface area contributed by atoms with Crippen LogP contribution in [0.4, 0.5) is 0 Å². The molecule has 0 aliphatic carbocycles. The second-order valence-electron chi connectivity index (χ2n) is 4.96. The predicted molar refractivity (Wildman–Crippen MR) is 84.5 cm³/mol. The number of aromatic amines is 1. The molecule has 0 amide bonds. The molecule has 1 aromatic carbocycles. The first-order chi connectivity index (χ1) is 10.6. The molecule has 3 rings (SSSR count). The molecule has 7 heteroatoms. The van der Waals surface area contributed by atoms with Gasteiger partial charge in [-0.1, -0.05) is 29.5 Å². The van der Waals surface area contributed by atoms with Gasteiger partial charge in [0.05, 0.1) is 17.1 Å². The van der Waals surface area contributed by atoms with Gasteiger partial charge in [0, 0.05) is 6.20 Å². The molecule has 112 valence electrons. The van der Waals surface area contributed by atoms with Crippen LogP contribution in [0.5, 0.6) is 0 Å². The van der Waals surface area contributed by atoms with E-state index >= 15 is 0 Å². The summed E-state index contributed by atoms with van der Waals surface area (Å²) in [5, 5.41) is 12.4. The molecule has 0 saturated carbocycles. The number of carbonyl (C=O) groups excluding carboxylic acids is 1. The predicted octanol–water partition coefficient (Wildman–Crippen LogP) is 2.58. The summed E-state index contributed by atoms with van der Waals surface area (Å²) in [4.78, 5) is 14.9. The largest absolute Gasteiger partial charge is 0.359 e. The first-order valence-electron chi connectivity index (χ1n) is 6.80. The number of rotatable bonds is 5. The van der Waals surface area contributed by atoms with Gasteiger partial charge in [-0.3, -0.25) is 4.79 Å². The highest BCUT2D eigenvalue weighted by atomic mass is 32.2. The monoisotopic (exact) mass is 313 g/mol. The third-order valence-corrected chi connectivity index (χ3v) is 4.17. The number of carbonyl (C=O) groups is 1. The minimum absolute atomic E-state index is 0.0187. The molecule has 0 radical (unpaired) electrons. The zero-order chi connectivity index (χ0) is 15.5. The molecule has 2 aromatic heterocycles. The second-order valence-corrected chi connectivity index (χ2v) is 5.90. The third kappa shape index (κ3) is 2.94. The molecule has 0 spiro atoms. The summed E-state index contributed by atoms with van der Waals surface area (Å²) in [6.45, 7) is 4.06. The van der Waals surface area contributed by atoms with Crippen LogP contribution >= 0.6 is 11.8 Å². The zero-order valence-electron chi connectivity index (χ0n) is 12.3. The minimum atomic E-state index is 0.0187. The summed E-state index contributed by atoms with van der Waals surface area (Å²) in [5.74, 6) is 0.302. The van der Waals surface area contributed by atoms with Gasteiger partial charge in [0.15, 0.2) is 5.78 Å². The van der Waals surface area contributed by atoms with Crippen LogP contribution in [0.1, 0.15) is 21.6 Å². The van der Waals surface area contributed by atoms with Crippen molar-refractivity contribution in [2.75, 3.05) is 5.75 Å². The van der Waals surface area contributed by atoms with Gasteiger partial charge in [0.2, 0.25) is 5.16 Å². The van der Waals surface area contributed by atoms with Crippen LogP contribution in [0.2, 0.25) is 0 Å². The fourth-order valence-electron chi connectivity index (χ4n) is 2.17. The fourth-order valence-corrected chi connectivity index (χ4v) is 2.94. The van der Waals surface area contributed by atoms with Gasteiger partial charge >= 0.3 is 0 Å². The number of aromatic nitrogens is 5. The van der Waals surface area contributed by atoms with Gasteiger partial charge in [-0.05, 0) is 48.0 Å². The summed E-state index contributed by atoms with van der Waals surface area (Å²) in [7, 11) is 0. The zero-order valence-corrected chi connectivity index (χ0v) is 13.1. The van der Waals surface area contributed by atoms with Crippen molar-refractivity contribution in [3.8, 4) is 5.69 Å². The molecule has 0 saturated heterocycles. The molecule has 0 unspecified atom stereocenters. The van der Waals surface area contributed by atoms with Crippen LogP contribution in [0.3, 0.4) is 0 Å². The van der Waals surface area contributed by atoms with Crippen LogP contribution in [0, 0.1) is 13.8 Å². The van der Waals surface area contributed by atoms with Crippen molar-refractivity contribution in [2.24, 2.45) is 0 Å². The maximum Gasteiger partial charge on any atom is 0.214 e. The highest BCUT2D eigenvalue weighted by molar-refractivity contribution is 7.99. The van der Waals surface area contributed by atoms with E-state index < -0.39 is 0 Å². The number of H-pyrrole nitrogens is 1. The number of Topliss-reactive ketones (excluding diaryl/α,β-unsaturated/α-hetero) is 1. The normalized spacial score (nSPS) is 10.8. The molecule has 6 nitrogen and oxygen atoms in total. The smallest absolute Gasteiger partial charge is 0.214 e. The Morgan fingerprint density at radius 3 is 2.91 bits per heavy atom. The quantitative estimate of drug-likeness (QED) is 0.579. The Hall–Kier alpha value is -2.41. The Morgan fingerprint density at radius 1 is 1.32 bits per heavy atom. The molecule has 3 aromatic rings. The topological polar surface area (TPSA) is 76.5 Å². The maximum atomic E-state index is 12.0. The van der Waals surface area contributed by atoms with Crippen molar-refractivity contribution in [3.05, 3.63) is 53.3 Å². The van der Waals surface area contributed by atoms with Crippen LogP contribution in [-0.2, 0) is 0 Å². The highest BCUT2D eigenvalue weighted by Gasteiger charge is 2.14. The van der Waals surface area contributed by atoms with E-state index in [1.807, 2.05) is 26.0 Å². The number of nitrogens with zero attached hydrogens (tertiary/aromatic N) is 4. The van der Waals surface area contributed by atoms with Gasteiger partial charge < -0.3 is 4.98 Å². The van der Waals surface area contributed by atoms with E-state index in [-0.39, 0.29) is 11.5 Å². The number of aryl methyl sites for hydroxylation is 2. The van der Waals surface area contributed by atoms with Crippen LogP contribution in [0.15, 0.2) is 41.7 Å². The van der Waals surface area contributed by atoms with E-state index in [0.717, 1.165) is 11.3 Å². The Kier molecular flexibility index (Phi) is 4.06. The van der Waals surface area contributed by atoms with Gasteiger partial charge in [-0.25, -0.2) is 0 Å². The number of benzene rings is 1. The number of nitrogens with one attached hydrogen (secondary N) is 1. The van der Waals surface area contributed by atoms with E-state index in [1.165, 1.54) is 17.3 Å².